The molecule has 2 aromatic carbocycles. The molecule has 0 bridgehead atoms. The molecular weight excluding hydrogens is 347 g/mol. The van der Waals surface area contributed by atoms with Gasteiger partial charge in [-0.3, -0.25) is 4.79 Å². The second kappa shape index (κ2) is 7.51. The molecule has 0 fully saturated rings. The summed E-state index contributed by atoms with van der Waals surface area (Å²) in [7, 11) is 1.94. The minimum Gasteiger partial charge on any atom is -0.326 e. The van der Waals surface area contributed by atoms with Gasteiger partial charge >= 0.3 is 0 Å². The van der Waals surface area contributed by atoms with Crippen molar-refractivity contribution in [3.05, 3.63) is 63.9 Å². The molecule has 0 aliphatic heterocycles. The molecule has 2 N–H and O–H groups in total. The minimum absolute atomic E-state index is 0.203. The SMILES string of the molecule is Cc1ccc(C[NH+](C)CC(=O)Nc2ccc(Br)cc2F)cc1. The predicted molar refractivity (Wildman–Crippen MR) is 89.4 cm³/mol. The van der Waals surface area contributed by atoms with E-state index in [4.69, 9.17) is 0 Å². The van der Waals surface area contributed by atoms with E-state index in [0.29, 0.717) is 4.47 Å². The fraction of sp³-hybridized carbons (Fsp3) is 0.235. The van der Waals surface area contributed by atoms with Crippen molar-refractivity contribution < 1.29 is 14.1 Å². The van der Waals surface area contributed by atoms with Crippen LogP contribution in [0.3, 0.4) is 0 Å². The molecule has 116 valence electrons. The number of aryl methyl sites for hydroxylation is 1. The Morgan fingerprint density at radius 2 is 1.91 bits per heavy atom. The molecule has 0 aliphatic carbocycles. The van der Waals surface area contributed by atoms with E-state index in [-0.39, 0.29) is 18.1 Å². The van der Waals surface area contributed by atoms with Crippen molar-refractivity contribution in [1.29, 1.82) is 0 Å². The van der Waals surface area contributed by atoms with Gasteiger partial charge in [-0.15, -0.1) is 0 Å². The van der Waals surface area contributed by atoms with Gasteiger partial charge in [0, 0.05) is 10.0 Å². The first-order chi connectivity index (χ1) is 10.4. The number of rotatable bonds is 5. The van der Waals surface area contributed by atoms with Crippen LogP contribution in [0.4, 0.5) is 10.1 Å². The number of amides is 1. The van der Waals surface area contributed by atoms with E-state index < -0.39 is 5.82 Å². The Hall–Kier alpha value is -1.72. The molecule has 1 atom stereocenters. The van der Waals surface area contributed by atoms with Crippen molar-refractivity contribution in [1.82, 2.24) is 0 Å². The van der Waals surface area contributed by atoms with Crippen LogP contribution in [-0.4, -0.2) is 19.5 Å². The zero-order chi connectivity index (χ0) is 16.1. The van der Waals surface area contributed by atoms with Crippen LogP contribution in [0.25, 0.3) is 0 Å². The number of quaternary nitrogens is 1. The van der Waals surface area contributed by atoms with Gasteiger partial charge in [0.1, 0.15) is 12.4 Å². The molecule has 2 rings (SSSR count). The van der Waals surface area contributed by atoms with E-state index >= 15 is 0 Å². The summed E-state index contributed by atoms with van der Waals surface area (Å²) in [6.07, 6.45) is 0. The number of carbonyl (C=O) groups excluding carboxylic acids is 1. The third-order valence-electron chi connectivity index (χ3n) is 3.29. The molecule has 5 heteroatoms. The third-order valence-corrected chi connectivity index (χ3v) is 3.79. The summed E-state index contributed by atoms with van der Waals surface area (Å²) in [6.45, 7) is 3.07. The van der Waals surface area contributed by atoms with Gasteiger partial charge in [-0.25, -0.2) is 4.39 Å². The molecule has 0 radical (unpaired) electrons. The number of carbonyl (C=O) groups is 1. The number of halogens is 2. The zero-order valence-corrected chi connectivity index (χ0v) is 14.2. The molecule has 3 nitrogen and oxygen atoms in total. The van der Waals surface area contributed by atoms with Crippen LogP contribution in [-0.2, 0) is 11.3 Å². The van der Waals surface area contributed by atoms with Crippen molar-refractivity contribution in [2.75, 3.05) is 18.9 Å². The molecule has 1 amide bonds. The van der Waals surface area contributed by atoms with Gasteiger partial charge < -0.3 is 10.2 Å². The topological polar surface area (TPSA) is 33.5 Å². The first-order valence-electron chi connectivity index (χ1n) is 7.06. The monoisotopic (exact) mass is 365 g/mol. The van der Waals surface area contributed by atoms with Gasteiger partial charge in [0.15, 0.2) is 6.54 Å². The molecule has 1 unspecified atom stereocenters. The second-order valence-corrected chi connectivity index (χ2v) is 6.38. The molecule has 0 heterocycles. The van der Waals surface area contributed by atoms with Crippen LogP contribution >= 0.6 is 15.9 Å². The largest absolute Gasteiger partial charge is 0.326 e. The van der Waals surface area contributed by atoms with Gasteiger partial charge in [-0.2, -0.15) is 0 Å². The molecule has 0 aliphatic rings. The number of hydrogen-bond acceptors (Lipinski definition) is 1. The summed E-state index contributed by atoms with van der Waals surface area (Å²) in [5, 5.41) is 2.61. The van der Waals surface area contributed by atoms with Crippen LogP contribution < -0.4 is 10.2 Å². The summed E-state index contributed by atoms with van der Waals surface area (Å²) in [5.41, 5.74) is 2.59. The Labute approximate surface area is 138 Å². The number of anilines is 1. The summed E-state index contributed by atoms with van der Waals surface area (Å²) < 4.78 is 14.3. The number of hydrogen-bond donors (Lipinski definition) is 2. The summed E-state index contributed by atoms with van der Waals surface area (Å²) >= 11 is 3.19. The maximum Gasteiger partial charge on any atom is 0.279 e. The van der Waals surface area contributed by atoms with Crippen LogP contribution in [0.5, 0.6) is 0 Å². The third kappa shape index (κ3) is 4.93. The normalized spacial score (nSPS) is 12.0. The van der Waals surface area contributed by atoms with Gasteiger partial charge in [0.05, 0.1) is 12.7 Å². The summed E-state index contributed by atoms with van der Waals surface area (Å²) in [4.78, 5) is 13.0. The molecule has 0 saturated carbocycles. The van der Waals surface area contributed by atoms with Crippen molar-refractivity contribution in [2.24, 2.45) is 0 Å². The fourth-order valence-corrected chi connectivity index (χ4v) is 2.51. The van der Waals surface area contributed by atoms with E-state index in [0.717, 1.165) is 11.4 Å². The average Bonchev–Trinajstić information content (AvgIpc) is 2.44. The predicted octanol–water partition coefficient (Wildman–Crippen LogP) is 2.55. The fourth-order valence-electron chi connectivity index (χ4n) is 2.18. The molecule has 0 saturated heterocycles. The van der Waals surface area contributed by atoms with E-state index in [2.05, 4.69) is 45.5 Å². The van der Waals surface area contributed by atoms with Crippen molar-refractivity contribution in [2.45, 2.75) is 13.5 Å². The smallest absolute Gasteiger partial charge is 0.279 e. The van der Waals surface area contributed by atoms with E-state index in [9.17, 15) is 9.18 Å². The highest BCUT2D eigenvalue weighted by Crippen LogP contribution is 2.18. The highest BCUT2D eigenvalue weighted by atomic mass is 79.9. The van der Waals surface area contributed by atoms with Gasteiger partial charge in [0.2, 0.25) is 0 Å². The highest BCUT2D eigenvalue weighted by molar-refractivity contribution is 9.10. The van der Waals surface area contributed by atoms with Gasteiger partial charge in [-0.1, -0.05) is 45.8 Å². The number of benzene rings is 2. The first-order valence-corrected chi connectivity index (χ1v) is 7.85. The highest BCUT2D eigenvalue weighted by Gasteiger charge is 2.13. The van der Waals surface area contributed by atoms with Crippen molar-refractivity contribution >= 4 is 27.5 Å². The van der Waals surface area contributed by atoms with Crippen LogP contribution in [0.1, 0.15) is 11.1 Å². The lowest BCUT2D eigenvalue weighted by Crippen LogP contribution is -3.08. The van der Waals surface area contributed by atoms with E-state index in [1.807, 2.05) is 14.0 Å². The van der Waals surface area contributed by atoms with Gasteiger partial charge in [-0.05, 0) is 25.1 Å². The molecule has 0 aromatic heterocycles. The molecule has 22 heavy (non-hydrogen) atoms. The Morgan fingerprint density at radius 3 is 2.55 bits per heavy atom. The zero-order valence-electron chi connectivity index (χ0n) is 12.6. The quantitative estimate of drug-likeness (QED) is 0.838. The lowest BCUT2D eigenvalue weighted by molar-refractivity contribution is -0.885. The first kappa shape index (κ1) is 16.6. The standard InChI is InChI=1S/C17H18BrFN2O/c1-12-3-5-13(6-4-12)10-21(2)11-17(22)20-16-8-7-14(18)9-15(16)19/h3-9H,10-11H2,1-2H3,(H,20,22)/p+1. The Balaban J connectivity index is 1.89. The van der Waals surface area contributed by atoms with Crippen molar-refractivity contribution in [3.63, 3.8) is 0 Å². The Kier molecular flexibility index (Phi) is 5.69. The minimum atomic E-state index is -0.445. The number of nitrogens with one attached hydrogen (secondary N) is 2. The van der Waals surface area contributed by atoms with Crippen LogP contribution in [0.2, 0.25) is 0 Å². The average molecular weight is 366 g/mol. The Bertz CT molecular complexity index is 658. The van der Waals surface area contributed by atoms with Crippen molar-refractivity contribution in [3.8, 4) is 0 Å². The van der Waals surface area contributed by atoms with Crippen LogP contribution in [0.15, 0.2) is 46.9 Å². The maximum absolute atomic E-state index is 13.7. The lowest BCUT2D eigenvalue weighted by atomic mass is 10.1. The van der Waals surface area contributed by atoms with Gasteiger partial charge in [0.25, 0.3) is 5.91 Å². The lowest BCUT2D eigenvalue weighted by Gasteiger charge is -2.14. The van der Waals surface area contributed by atoms with Crippen LogP contribution in [0, 0.1) is 12.7 Å². The molecular formula is C17H19BrFN2O+. The Morgan fingerprint density at radius 1 is 1.23 bits per heavy atom. The molecule has 2 aromatic rings. The summed E-state index contributed by atoms with van der Waals surface area (Å²) in [5.74, 6) is -0.648. The maximum atomic E-state index is 13.7. The van der Waals surface area contributed by atoms with E-state index in [1.54, 1.807) is 12.1 Å². The number of likely N-dealkylation sites (N-methyl/N-ethyl adjacent to an activating group) is 1. The second-order valence-electron chi connectivity index (χ2n) is 5.47. The van der Waals surface area contributed by atoms with E-state index in [1.165, 1.54) is 17.2 Å². The summed E-state index contributed by atoms with van der Waals surface area (Å²) in [6, 6.07) is 12.8. The molecule has 0 spiro atoms.